The van der Waals surface area contributed by atoms with Gasteiger partial charge in [-0.05, 0) is 11.5 Å². The molecule has 6 heteroatoms. The Labute approximate surface area is 78.9 Å². The Kier molecular flexibility index (Phi) is 2.01. The van der Waals surface area contributed by atoms with Crippen LogP contribution in [0.5, 0.6) is 0 Å². The summed E-state index contributed by atoms with van der Waals surface area (Å²) >= 11 is 1.25. The predicted molar refractivity (Wildman–Crippen MR) is 46.6 cm³/mol. The molecule has 0 amide bonds. The van der Waals surface area contributed by atoms with Crippen LogP contribution in [0.25, 0.3) is 0 Å². The third-order valence-corrected chi connectivity index (χ3v) is 2.86. The van der Waals surface area contributed by atoms with E-state index >= 15 is 0 Å². The number of hydrogen-bond donors (Lipinski definition) is 2. The Morgan fingerprint density at radius 2 is 2.54 bits per heavy atom. The van der Waals surface area contributed by atoms with Crippen LogP contribution in [0.1, 0.15) is 5.69 Å². The summed E-state index contributed by atoms with van der Waals surface area (Å²) in [6.07, 6.45) is 0.478. The first-order valence-corrected chi connectivity index (χ1v) is 4.77. The van der Waals surface area contributed by atoms with Crippen molar-refractivity contribution in [3.63, 3.8) is 0 Å². The van der Waals surface area contributed by atoms with Crippen molar-refractivity contribution in [2.24, 2.45) is 5.41 Å². The Morgan fingerprint density at radius 3 is 2.92 bits per heavy atom. The van der Waals surface area contributed by atoms with Gasteiger partial charge in [0, 0.05) is 24.9 Å². The van der Waals surface area contributed by atoms with E-state index in [2.05, 4.69) is 14.9 Å². The molecular formula is C7H9N3O2S. The number of carboxylic acids is 1. The predicted octanol–water partition coefficient (Wildman–Crippen LogP) is -0.245. The monoisotopic (exact) mass is 199 g/mol. The fraction of sp³-hybridized carbons (Fsp3) is 0.571. The SMILES string of the molecule is O=C(O)C1(Cc2csnn2)CNC1. The lowest BCUT2D eigenvalue weighted by atomic mass is 9.78. The summed E-state index contributed by atoms with van der Waals surface area (Å²) in [5.41, 5.74) is 0.129. The van der Waals surface area contributed by atoms with Crippen LogP contribution >= 0.6 is 11.5 Å². The van der Waals surface area contributed by atoms with Crippen LogP contribution in [0.3, 0.4) is 0 Å². The van der Waals surface area contributed by atoms with E-state index in [1.54, 1.807) is 5.38 Å². The highest BCUT2D eigenvalue weighted by atomic mass is 32.1. The van der Waals surface area contributed by atoms with Gasteiger partial charge in [0.05, 0.1) is 11.1 Å². The van der Waals surface area contributed by atoms with Crippen LogP contribution in [-0.2, 0) is 11.2 Å². The second kappa shape index (κ2) is 3.04. The lowest BCUT2D eigenvalue weighted by Gasteiger charge is -2.37. The summed E-state index contributed by atoms with van der Waals surface area (Å²) < 4.78 is 3.70. The summed E-state index contributed by atoms with van der Waals surface area (Å²) in [6.45, 7) is 1.06. The van der Waals surface area contributed by atoms with Gasteiger partial charge in [-0.1, -0.05) is 4.49 Å². The topological polar surface area (TPSA) is 75.1 Å². The molecule has 0 radical (unpaired) electrons. The quantitative estimate of drug-likeness (QED) is 0.702. The van der Waals surface area contributed by atoms with Crippen molar-refractivity contribution in [2.45, 2.75) is 6.42 Å². The first kappa shape index (κ1) is 8.58. The van der Waals surface area contributed by atoms with Crippen molar-refractivity contribution < 1.29 is 9.90 Å². The molecule has 2 rings (SSSR count). The lowest BCUT2D eigenvalue weighted by Crippen LogP contribution is -2.59. The summed E-state index contributed by atoms with van der Waals surface area (Å²) in [5, 5.41) is 17.6. The molecular weight excluding hydrogens is 190 g/mol. The molecule has 1 aromatic heterocycles. The Bertz CT molecular complexity index is 308. The van der Waals surface area contributed by atoms with Gasteiger partial charge in [-0.2, -0.15) is 0 Å². The molecule has 70 valence electrons. The van der Waals surface area contributed by atoms with Crippen molar-refractivity contribution in [2.75, 3.05) is 13.1 Å². The van der Waals surface area contributed by atoms with E-state index in [4.69, 9.17) is 5.11 Å². The molecule has 1 fully saturated rings. The Hall–Kier alpha value is -1.01. The molecule has 13 heavy (non-hydrogen) atoms. The van der Waals surface area contributed by atoms with E-state index in [1.165, 1.54) is 11.5 Å². The van der Waals surface area contributed by atoms with Gasteiger partial charge in [0.15, 0.2) is 0 Å². The van der Waals surface area contributed by atoms with E-state index in [1.807, 2.05) is 0 Å². The number of aliphatic carboxylic acids is 1. The number of nitrogens with zero attached hydrogens (tertiary/aromatic N) is 2. The minimum Gasteiger partial charge on any atom is -0.481 e. The first-order valence-electron chi connectivity index (χ1n) is 3.93. The average molecular weight is 199 g/mol. The standard InChI is InChI=1S/C7H9N3O2S/c11-6(12)7(3-8-4-7)1-5-2-13-10-9-5/h2,8H,1,3-4H2,(H,11,12). The molecule has 0 aliphatic carbocycles. The highest BCUT2D eigenvalue weighted by Crippen LogP contribution is 2.27. The van der Waals surface area contributed by atoms with Crippen LogP contribution in [0.15, 0.2) is 5.38 Å². The minimum atomic E-state index is -0.751. The third-order valence-electron chi connectivity index (χ3n) is 2.31. The lowest BCUT2D eigenvalue weighted by molar-refractivity contribution is -0.152. The maximum atomic E-state index is 10.9. The molecule has 0 aromatic carbocycles. The summed E-state index contributed by atoms with van der Waals surface area (Å²) in [4.78, 5) is 10.9. The molecule has 1 aliphatic heterocycles. The molecule has 2 heterocycles. The molecule has 0 atom stereocenters. The van der Waals surface area contributed by atoms with E-state index in [-0.39, 0.29) is 0 Å². The van der Waals surface area contributed by atoms with Crippen LogP contribution in [0.4, 0.5) is 0 Å². The van der Waals surface area contributed by atoms with E-state index in [0.29, 0.717) is 19.5 Å². The molecule has 0 unspecified atom stereocenters. The van der Waals surface area contributed by atoms with Crippen LogP contribution < -0.4 is 5.32 Å². The second-order valence-corrected chi connectivity index (χ2v) is 3.87. The average Bonchev–Trinajstić information content (AvgIpc) is 2.47. The van der Waals surface area contributed by atoms with E-state index < -0.39 is 11.4 Å². The summed E-state index contributed by atoms with van der Waals surface area (Å²) in [5.74, 6) is -0.751. The number of nitrogens with one attached hydrogen (secondary N) is 1. The van der Waals surface area contributed by atoms with Crippen molar-refractivity contribution >= 4 is 17.5 Å². The van der Waals surface area contributed by atoms with E-state index in [0.717, 1.165) is 5.69 Å². The smallest absolute Gasteiger partial charge is 0.312 e. The highest BCUT2D eigenvalue weighted by Gasteiger charge is 2.44. The number of carbonyl (C=O) groups is 1. The van der Waals surface area contributed by atoms with Crippen molar-refractivity contribution in [3.05, 3.63) is 11.1 Å². The molecule has 0 saturated carbocycles. The molecule has 0 spiro atoms. The second-order valence-electron chi connectivity index (χ2n) is 3.26. The number of rotatable bonds is 3. The zero-order valence-corrected chi connectivity index (χ0v) is 7.67. The fourth-order valence-electron chi connectivity index (χ4n) is 1.39. The third kappa shape index (κ3) is 1.42. The summed E-state index contributed by atoms with van der Waals surface area (Å²) in [6, 6.07) is 0. The van der Waals surface area contributed by atoms with Crippen LogP contribution in [0, 0.1) is 5.41 Å². The Morgan fingerprint density at radius 1 is 1.77 bits per heavy atom. The van der Waals surface area contributed by atoms with Crippen molar-refractivity contribution in [3.8, 4) is 0 Å². The van der Waals surface area contributed by atoms with Gasteiger partial charge in [0.2, 0.25) is 0 Å². The van der Waals surface area contributed by atoms with Crippen LogP contribution in [0.2, 0.25) is 0 Å². The minimum absolute atomic E-state index is 0.478. The van der Waals surface area contributed by atoms with Gasteiger partial charge in [-0.15, -0.1) is 5.10 Å². The molecule has 1 saturated heterocycles. The molecule has 0 bridgehead atoms. The molecule has 1 aromatic rings. The van der Waals surface area contributed by atoms with Gasteiger partial charge in [-0.25, -0.2) is 0 Å². The van der Waals surface area contributed by atoms with Gasteiger partial charge >= 0.3 is 5.97 Å². The van der Waals surface area contributed by atoms with Crippen molar-refractivity contribution in [1.82, 2.24) is 14.9 Å². The molecule has 5 nitrogen and oxygen atoms in total. The number of carboxylic acid groups (broad SMARTS) is 1. The maximum absolute atomic E-state index is 10.9. The van der Waals surface area contributed by atoms with E-state index in [9.17, 15) is 4.79 Å². The Balaban J connectivity index is 2.11. The van der Waals surface area contributed by atoms with Crippen molar-refractivity contribution in [1.29, 1.82) is 0 Å². The number of aromatic nitrogens is 2. The number of hydrogen-bond acceptors (Lipinski definition) is 5. The van der Waals surface area contributed by atoms with Gasteiger partial charge in [-0.3, -0.25) is 4.79 Å². The largest absolute Gasteiger partial charge is 0.481 e. The van der Waals surface area contributed by atoms with Gasteiger partial charge in [0.25, 0.3) is 0 Å². The first-order chi connectivity index (χ1) is 6.23. The van der Waals surface area contributed by atoms with Gasteiger partial charge < -0.3 is 10.4 Å². The van der Waals surface area contributed by atoms with Crippen LogP contribution in [-0.4, -0.2) is 33.8 Å². The molecule has 2 N–H and O–H groups in total. The fourth-order valence-corrected chi connectivity index (χ4v) is 1.84. The zero-order chi connectivity index (χ0) is 9.31. The highest BCUT2D eigenvalue weighted by molar-refractivity contribution is 7.03. The maximum Gasteiger partial charge on any atom is 0.312 e. The zero-order valence-electron chi connectivity index (χ0n) is 6.86. The normalized spacial score (nSPS) is 19.4. The molecule has 1 aliphatic rings. The summed E-state index contributed by atoms with van der Waals surface area (Å²) in [7, 11) is 0. The van der Waals surface area contributed by atoms with Gasteiger partial charge in [0.1, 0.15) is 0 Å².